The van der Waals surface area contributed by atoms with Crippen LogP contribution in [-0.2, 0) is 12.7 Å². The molecule has 1 aromatic carbocycles. The summed E-state index contributed by atoms with van der Waals surface area (Å²) < 4.78 is 41.5. The van der Waals surface area contributed by atoms with Gasteiger partial charge in [0.05, 0.1) is 11.3 Å². The fourth-order valence-corrected chi connectivity index (χ4v) is 2.81. The maximum absolute atomic E-state index is 12.9. The fraction of sp³-hybridized carbons (Fsp3) is 0.133. The molecule has 0 saturated heterocycles. The van der Waals surface area contributed by atoms with Crippen LogP contribution in [0.2, 0.25) is 0 Å². The van der Waals surface area contributed by atoms with Gasteiger partial charge in [0.25, 0.3) is 5.56 Å². The summed E-state index contributed by atoms with van der Waals surface area (Å²) in [4.78, 5) is 29.8. The van der Waals surface area contributed by atoms with E-state index in [4.69, 9.17) is 0 Å². The molecule has 6 nitrogen and oxygen atoms in total. The highest BCUT2D eigenvalue weighted by molar-refractivity contribution is 5.80. The zero-order valence-electron chi connectivity index (χ0n) is 12.0. The Morgan fingerprint density at radius 1 is 1.21 bits per heavy atom. The molecule has 0 unspecified atom stereocenters. The molecule has 24 heavy (non-hydrogen) atoms. The van der Waals surface area contributed by atoms with E-state index < -0.39 is 23.0 Å². The van der Waals surface area contributed by atoms with E-state index in [0.29, 0.717) is 11.3 Å². The highest BCUT2D eigenvalue weighted by atomic mass is 19.4. The topological polar surface area (TPSA) is 72.7 Å². The number of allylic oxidation sites excluding steroid dienone is 1. The molecule has 0 fully saturated rings. The maximum Gasteiger partial charge on any atom is 0.416 e. The minimum atomic E-state index is -4.46. The van der Waals surface area contributed by atoms with Gasteiger partial charge in [-0.25, -0.2) is 9.78 Å². The lowest BCUT2D eigenvalue weighted by Gasteiger charge is -2.19. The van der Waals surface area contributed by atoms with Gasteiger partial charge in [-0.05, 0) is 23.8 Å². The van der Waals surface area contributed by atoms with E-state index >= 15 is 0 Å². The lowest BCUT2D eigenvalue weighted by atomic mass is 10.1. The van der Waals surface area contributed by atoms with Crippen LogP contribution in [0.5, 0.6) is 0 Å². The Bertz CT molecular complexity index is 1120. The normalized spacial score (nSPS) is 14.0. The van der Waals surface area contributed by atoms with E-state index in [0.717, 1.165) is 12.1 Å². The van der Waals surface area contributed by atoms with Crippen molar-refractivity contribution in [3.05, 3.63) is 68.6 Å². The van der Waals surface area contributed by atoms with Crippen LogP contribution in [0, 0.1) is 0 Å². The number of H-pyrrole nitrogens is 1. The van der Waals surface area contributed by atoms with Gasteiger partial charge in [-0.15, -0.1) is 0 Å². The van der Waals surface area contributed by atoms with E-state index in [1.807, 2.05) is 0 Å². The Balaban J connectivity index is 1.95. The average Bonchev–Trinajstić information content (AvgIpc) is 2.97. The molecule has 0 atom stereocenters. The molecule has 4 rings (SSSR count). The number of hydrogen-bond donors (Lipinski definition) is 1. The van der Waals surface area contributed by atoms with Gasteiger partial charge < -0.3 is 0 Å². The number of imidazole rings is 1. The molecule has 9 heteroatoms. The summed E-state index contributed by atoms with van der Waals surface area (Å²) in [5.74, 6) is 0. The van der Waals surface area contributed by atoms with Gasteiger partial charge in [0.2, 0.25) is 0 Å². The van der Waals surface area contributed by atoms with Crippen LogP contribution in [0.15, 0.2) is 46.3 Å². The summed E-state index contributed by atoms with van der Waals surface area (Å²) in [7, 11) is 0. The minimum Gasteiger partial charge on any atom is -0.284 e. The summed E-state index contributed by atoms with van der Waals surface area (Å²) in [5.41, 5.74) is -0.905. The lowest BCUT2D eigenvalue weighted by molar-refractivity contribution is -0.137. The van der Waals surface area contributed by atoms with Crippen LogP contribution in [-0.4, -0.2) is 19.1 Å². The smallest absolute Gasteiger partial charge is 0.284 e. The summed E-state index contributed by atoms with van der Waals surface area (Å²) in [6.45, 7) is 0.128. The van der Waals surface area contributed by atoms with Crippen LogP contribution in [0.25, 0.3) is 16.9 Å². The Morgan fingerprint density at radius 3 is 2.75 bits per heavy atom. The first-order valence-corrected chi connectivity index (χ1v) is 6.94. The van der Waals surface area contributed by atoms with E-state index in [2.05, 4.69) is 9.97 Å². The second-order valence-electron chi connectivity index (χ2n) is 5.32. The van der Waals surface area contributed by atoms with Crippen molar-refractivity contribution in [2.24, 2.45) is 0 Å². The number of halogens is 3. The largest absolute Gasteiger partial charge is 0.416 e. The van der Waals surface area contributed by atoms with Gasteiger partial charge in [0.15, 0.2) is 11.2 Å². The average molecular weight is 334 g/mol. The molecule has 1 aliphatic heterocycles. The molecule has 0 spiro atoms. The lowest BCUT2D eigenvalue weighted by Crippen LogP contribution is -2.32. The summed E-state index contributed by atoms with van der Waals surface area (Å²) >= 11 is 0. The first kappa shape index (κ1) is 14.5. The molecule has 3 heterocycles. The third-order valence-electron chi connectivity index (χ3n) is 3.89. The molecular formula is C15H9F3N4O2. The molecule has 1 aliphatic rings. The number of aromatic amines is 1. The van der Waals surface area contributed by atoms with Crippen molar-refractivity contribution in [3.8, 4) is 0 Å². The van der Waals surface area contributed by atoms with Gasteiger partial charge in [-0.3, -0.25) is 18.9 Å². The van der Waals surface area contributed by atoms with Crippen molar-refractivity contribution in [1.29, 1.82) is 0 Å². The van der Waals surface area contributed by atoms with Gasteiger partial charge in [-0.2, -0.15) is 13.2 Å². The summed E-state index contributed by atoms with van der Waals surface area (Å²) in [6, 6.07) is 4.86. The number of nitrogens with zero attached hydrogens (tertiary/aromatic N) is 3. The fourth-order valence-electron chi connectivity index (χ4n) is 2.81. The van der Waals surface area contributed by atoms with Crippen molar-refractivity contribution in [1.82, 2.24) is 19.1 Å². The van der Waals surface area contributed by atoms with E-state index in [1.165, 1.54) is 27.6 Å². The summed E-state index contributed by atoms with van der Waals surface area (Å²) in [5, 5.41) is 0. The molecule has 3 aromatic rings. The van der Waals surface area contributed by atoms with Crippen LogP contribution in [0.1, 0.15) is 11.1 Å². The number of alkyl halides is 3. The highest BCUT2D eigenvalue weighted by Gasteiger charge is 2.31. The molecule has 0 saturated carbocycles. The zero-order chi connectivity index (χ0) is 17.1. The van der Waals surface area contributed by atoms with Crippen molar-refractivity contribution in [2.45, 2.75) is 12.7 Å². The third-order valence-corrected chi connectivity index (χ3v) is 3.89. The number of benzene rings is 1. The predicted octanol–water partition coefficient (Wildman–Crippen LogP) is 1.81. The maximum atomic E-state index is 12.9. The van der Waals surface area contributed by atoms with E-state index in [9.17, 15) is 22.8 Å². The van der Waals surface area contributed by atoms with Crippen molar-refractivity contribution in [2.75, 3.05) is 0 Å². The van der Waals surface area contributed by atoms with Crippen LogP contribution in [0.4, 0.5) is 13.2 Å². The van der Waals surface area contributed by atoms with Crippen molar-refractivity contribution < 1.29 is 13.2 Å². The van der Waals surface area contributed by atoms with Gasteiger partial charge in [-0.1, -0.05) is 12.1 Å². The molecule has 1 N–H and O–H groups in total. The van der Waals surface area contributed by atoms with Crippen LogP contribution in [0.3, 0.4) is 0 Å². The quantitative estimate of drug-likeness (QED) is 0.738. The predicted molar refractivity (Wildman–Crippen MR) is 79.4 cm³/mol. The van der Waals surface area contributed by atoms with E-state index in [-0.39, 0.29) is 17.7 Å². The number of rotatable bonds is 1. The minimum absolute atomic E-state index is 0.0622. The second-order valence-corrected chi connectivity index (χ2v) is 5.32. The Morgan fingerprint density at radius 2 is 2.00 bits per heavy atom. The first-order valence-electron chi connectivity index (χ1n) is 6.94. The van der Waals surface area contributed by atoms with Crippen LogP contribution >= 0.6 is 0 Å². The SMILES string of the molecule is O=c1[nH]c(=O)n2c3c1ncn3C(c1cccc(C(F)(F)F)c1)=CC2. The Kier molecular flexibility index (Phi) is 2.84. The summed E-state index contributed by atoms with van der Waals surface area (Å²) in [6.07, 6.45) is -1.52. The molecule has 2 aromatic heterocycles. The molecule has 0 radical (unpaired) electrons. The number of nitrogens with one attached hydrogen (secondary N) is 1. The highest BCUT2D eigenvalue weighted by Crippen LogP contribution is 2.32. The standard InChI is InChI=1S/C15H9F3N4O2/c16-15(17,18)9-3-1-2-8(6-9)10-4-5-21-13-11(19-7-22(10)13)12(23)20-14(21)24/h1-4,6-7H,5H2,(H,20,23,24). The molecule has 122 valence electrons. The second kappa shape index (κ2) is 4.70. The third kappa shape index (κ3) is 2.01. The van der Waals surface area contributed by atoms with Gasteiger partial charge >= 0.3 is 11.9 Å². The Labute approximate surface area is 131 Å². The Hall–Kier alpha value is -3.10. The van der Waals surface area contributed by atoms with Gasteiger partial charge in [0.1, 0.15) is 6.33 Å². The number of hydrogen-bond acceptors (Lipinski definition) is 3. The van der Waals surface area contributed by atoms with Gasteiger partial charge in [0, 0.05) is 6.54 Å². The molecule has 0 amide bonds. The molecule has 0 aliphatic carbocycles. The first-order chi connectivity index (χ1) is 11.4. The van der Waals surface area contributed by atoms with Crippen molar-refractivity contribution >= 4 is 16.9 Å². The number of aromatic nitrogens is 4. The monoisotopic (exact) mass is 334 g/mol. The van der Waals surface area contributed by atoms with E-state index in [1.54, 1.807) is 6.08 Å². The molecule has 0 bridgehead atoms. The van der Waals surface area contributed by atoms with Crippen molar-refractivity contribution in [3.63, 3.8) is 0 Å². The molecular weight excluding hydrogens is 325 g/mol. The van der Waals surface area contributed by atoms with Crippen LogP contribution < -0.4 is 11.2 Å². The zero-order valence-corrected chi connectivity index (χ0v) is 12.0.